The average Bonchev–Trinajstić information content (AvgIpc) is 2.69. The van der Waals surface area contributed by atoms with E-state index in [2.05, 4.69) is 22.3 Å². The molecule has 1 N–H and O–H groups in total. The van der Waals surface area contributed by atoms with Gasteiger partial charge in [-0.05, 0) is 23.8 Å². The molecule has 2 aromatic carbocycles. The number of methoxy groups -OCH3 is 1. The van der Waals surface area contributed by atoms with Crippen molar-refractivity contribution in [3.63, 3.8) is 0 Å². The molecule has 132 valence electrons. The van der Waals surface area contributed by atoms with E-state index >= 15 is 0 Å². The zero-order valence-corrected chi connectivity index (χ0v) is 14.5. The van der Waals surface area contributed by atoms with Crippen molar-refractivity contribution in [3.8, 4) is 5.75 Å². The van der Waals surface area contributed by atoms with Crippen molar-refractivity contribution in [1.29, 1.82) is 0 Å². The molecule has 1 aliphatic heterocycles. The van der Waals surface area contributed by atoms with E-state index in [0.717, 1.165) is 26.3 Å². The van der Waals surface area contributed by atoms with Crippen LogP contribution in [0.5, 0.6) is 5.75 Å². The van der Waals surface area contributed by atoms with Crippen molar-refractivity contribution in [2.24, 2.45) is 0 Å². The van der Waals surface area contributed by atoms with Crippen LogP contribution in [0.3, 0.4) is 0 Å². The number of amides is 1. The van der Waals surface area contributed by atoms with E-state index in [0.29, 0.717) is 17.9 Å². The second-order valence-corrected chi connectivity index (χ2v) is 6.02. The number of carbonyl (C=O) groups is 1. The highest BCUT2D eigenvalue weighted by Gasteiger charge is 2.23. The van der Waals surface area contributed by atoms with Gasteiger partial charge in [-0.3, -0.25) is 9.69 Å². The van der Waals surface area contributed by atoms with Crippen LogP contribution < -0.4 is 10.1 Å². The zero-order chi connectivity index (χ0) is 17.5. The molecular formula is C20H24N2O3. The van der Waals surface area contributed by atoms with Gasteiger partial charge in [0.2, 0.25) is 0 Å². The quantitative estimate of drug-likeness (QED) is 0.878. The maximum Gasteiger partial charge on any atom is 0.251 e. The lowest BCUT2D eigenvalue weighted by Crippen LogP contribution is -2.43. The van der Waals surface area contributed by atoms with E-state index in [9.17, 15) is 4.79 Å². The number of ether oxygens (including phenoxy) is 2. The molecule has 0 bridgehead atoms. The normalized spacial score (nSPS) is 16.2. The molecule has 25 heavy (non-hydrogen) atoms. The van der Waals surface area contributed by atoms with Crippen LogP contribution in [0.1, 0.15) is 22.0 Å². The minimum absolute atomic E-state index is 0.0897. The van der Waals surface area contributed by atoms with E-state index in [1.165, 1.54) is 5.56 Å². The van der Waals surface area contributed by atoms with Gasteiger partial charge in [0, 0.05) is 25.2 Å². The summed E-state index contributed by atoms with van der Waals surface area (Å²) in [7, 11) is 1.60. The molecule has 1 saturated heterocycles. The van der Waals surface area contributed by atoms with Crippen LogP contribution in [0.2, 0.25) is 0 Å². The van der Waals surface area contributed by atoms with E-state index in [1.807, 2.05) is 30.3 Å². The van der Waals surface area contributed by atoms with Gasteiger partial charge in [0.1, 0.15) is 5.75 Å². The fraction of sp³-hybridized carbons (Fsp3) is 0.350. The maximum absolute atomic E-state index is 12.5. The molecule has 1 amide bonds. The molecule has 5 nitrogen and oxygen atoms in total. The Balaban J connectivity index is 1.70. The van der Waals surface area contributed by atoms with Crippen molar-refractivity contribution in [1.82, 2.24) is 10.2 Å². The fourth-order valence-electron chi connectivity index (χ4n) is 3.08. The second kappa shape index (κ2) is 8.65. The molecule has 0 aliphatic carbocycles. The summed E-state index contributed by atoms with van der Waals surface area (Å²) in [5.41, 5.74) is 1.81. The van der Waals surface area contributed by atoms with Crippen LogP contribution in [0.4, 0.5) is 0 Å². The van der Waals surface area contributed by atoms with Crippen LogP contribution in [-0.4, -0.2) is 50.8 Å². The lowest BCUT2D eigenvalue weighted by molar-refractivity contribution is 0.0162. The Bertz CT molecular complexity index is 684. The molecule has 5 heteroatoms. The smallest absolute Gasteiger partial charge is 0.251 e. The van der Waals surface area contributed by atoms with Gasteiger partial charge < -0.3 is 14.8 Å². The van der Waals surface area contributed by atoms with Gasteiger partial charge in [-0.2, -0.15) is 0 Å². The van der Waals surface area contributed by atoms with E-state index in [1.54, 1.807) is 19.2 Å². The first-order valence-corrected chi connectivity index (χ1v) is 8.57. The number of carbonyl (C=O) groups excluding carboxylic acids is 1. The van der Waals surface area contributed by atoms with Gasteiger partial charge in [0.15, 0.2) is 0 Å². The topological polar surface area (TPSA) is 50.8 Å². The monoisotopic (exact) mass is 340 g/mol. The number of benzene rings is 2. The highest BCUT2D eigenvalue weighted by molar-refractivity contribution is 5.94. The van der Waals surface area contributed by atoms with Crippen LogP contribution in [0.25, 0.3) is 0 Å². The Hall–Kier alpha value is -2.37. The maximum atomic E-state index is 12.5. The summed E-state index contributed by atoms with van der Waals surface area (Å²) in [5, 5.41) is 3.07. The Morgan fingerprint density at radius 2 is 1.92 bits per heavy atom. The molecule has 1 atom stereocenters. The third-order valence-corrected chi connectivity index (χ3v) is 4.46. The summed E-state index contributed by atoms with van der Waals surface area (Å²) in [6, 6.07) is 17.6. The molecule has 0 spiro atoms. The molecule has 1 heterocycles. The zero-order valence-electron chi connectivity index (χ0n) is 14.5. The van der Waals surface area contributed by atoms with Gasteiger partial charge in [-0.25, -0.2) is 0 Å². The van der Waals surface area contributed by atoms with Crippen molar-refractivity contribution in [2.45, 2.75) is 6.04 Å². The molecule has 0 saturated carbocycles. The van der Waals surface area contributed by atoms with Gasteiger partial charge in [-0.15, -0.1) is 0 Å². The lowest BCUT2D eigenvalue weighted by Gasteiger charge is -2.35. The largest absolute Gasteiger partial charge is 0.497 e. The van der Waals surface area contributed by atoms with E-state index < -0.39 is 0 Å². The molecule has 3 rings (SSSR count). The summed E-state index contributed by atoms with van der Waals surface area (Å²) < 4.78 is 10.7. The second-order valence-electron chi connectivity index (χ2n) is 6.02. The van der Waals surface area contributed by atoms with Crippen LogP contribution >= 0.6 is 0 Å². The first kappa shape index (κ1) is 17.5. The van der Waals surface area contributed by atoms with Crippen molar-refractivity contribution in [2.75, 3.05) is 40.0 Å². The number of morpholine rings is 1. The van der Waals surface area contributed by atoms with Gasteiger partial charge in [0.25, 0.3) is 5.91 Å². The molecule has 0 aromatic heterocycles. The fourth-order valence-corrected chi connectivity index (χ4v) is 3.08. The Kier molecular flexibility index (Phi) is 6.04. The summed E-state index contributed by atoms with van der Waals surface area (Å²) in [6.45, 7) is 3.75. The van der Waals surface area contributed by atoms with Gasteiger partial charge in [0.05, 0.1) is 26.4 Å². The summed E-state index contributed by atoms with van der Waals surface area (Å²) in [6.07, 6.45) is 0. The van der Waals surface area contributed by atoms with Gasteiger partial charge >= 0.3 is 0 Å². The molecule has 1 aliphatic rings. The molecule has 1 fully saturated rings. The van der Waals surface area contributed by atoms with E-state index in [-0.39, 0.29) is 11.9 Å². The standard InChI is InChI=1S/C20H24N2O3/c1-24-18-9-5-8-17(14-18)20(23)21-15-19(16-6-3-2-4-7-16)22-10-12-25-13-11-22/h2-9,14,19H,10-13,15H2,1H3,(H,21,23). The van der Waals surface area contributed by atoms with Gasteiger partial charge in [-0.1, -0.05) is 36.4 Å². The third-order valence-electron chi connectivity index (χ3n) is 4.46. The number of nitrogens with zero attached hydrogens (tertiary/aromatic N) is 1. The number of hydrogen-bond acceptors (Lipinski definition) is 4. The molecule has 2 aromatic rings. The van der Waals surface area contributed by atoms with Crippen molar-refractivity contribution >= 4 is 5.91 Å². The molecule has 0 radical (unpaired) electrons. The third kappa shape index (κ3) is 4.59. The SMILES string of the molecule is COc1cccc(C(=O)NCC(c2ccccc2)N2CCOCC2)c1. The number of hydrogen-bond donors (Lipinski definition) is 1. The Morgan fingerprint density at radius 3 is 2.64 bits per heavy atom. The first-order chi connectivity index (χ1) is 12.3. The highest BCUT2D eigenvalue weighted by Crippen LogP contribution is 2.21. The van der Waals surface area contributed by atoms with Crippen molar-refractivity contribution < 1.29 is 14.3 Å². The summed E-state index contributed by atoms with van der Waals surface area (Å²) >= 11 is 0. The number of nitrogens with one attached hydrogen (secondary N) is 1. The van der Waals surface area contributed by atoms with Crippen molar-refractivity contribution in [3.05, 3.63) is 65.7 Å². The minimum Gasteiger partial charge on any atom is -0.497 e. The highest BCUT2D eigenvalue weighted by atomic mass is 16.5. The summed E-state index contributed by atoms with van der Waals surface area (Å²) in [4.78, 5) is 14.9. The Labute approximate surface area is 148 Å². The number of rotatable bonds is 6. The first-order valence-electron chi connectivity index (χ1n) is 8.57. The predicted octanol–water partition coefficient (Wildman–Crippen LogP) is 2.50. The van der Waals surface area contributed by atoms with E-state index in [4.69, 9.17) is 9.47 Å². The van der Waals surface area contributed by atoms with Crippen LogP contribution in [0.15, 0.2) is 54.6 Å². The molecule has 1 unspecified atom stereocenters. The Morgan fingerprint density at radius 1 is 1.16 bits per heavy atom. The predicted molar refractivity (Wildman–Crippen MR) is 96.9 cm³/mol. The molecular weight excluding hydrogens is 316 g/mol. The lowest BCUT2D eigenvalue weighted by atomic mass is 10.0. The van der Waals surface area contributed by atoms with Crippen LogP contribution in [0, 0.1) is 0 Å². The summed E-state index contributed by atoms with van der Waals surface area (Å²) in [5.74, 6) is 0.591. The average molecular weight is 340 g/mol. The van der Waals surface area contributed by atoms with Crippen LogP contribution in [-0.2, 0) is 4.74 Å². The minimum atomic E-state index is -0.0897.